The third-order valence-corrected chi connectivity index (χ3v) is 6.35. The van der Waals surface area contributed by atoms with Crippen molar-refractivity contribution >= 4 is 0 Å². The molecule has 4 unspecified atom stereocenters. The standard InChI is InChI=1S/C20H39NO/c1-18(2,3)15-11-9-8-10-14(15)12-16-17(22)13-19(4,5)21-20(16,6)7/h14-17,21-22H,8-13H2,1-7H3. The van der Waals surface area contributed by atoms with Gasteiger partial charge in [-0.05, 0) is 64.2 Å². The van der Waals surface area contributed by atoms with Crippen LogP contribution in [0, 0.1) is 23.2 Å². The second-order valence-electron chi connectivity index (χ2n) is 10.4. The molecule has 130 valence electrons. The van der Waals surface area contributed by atoms with Crippen LogP contribution in [0.15, 0.2) is 0 Å². The van der Waals surface area contributed by atoms with Gasteiger partial charge in [-0.15, -0.1) is 0 Å². The second kappa shape index (κ2) is 6.09. The number of aliphatic hydroxyl groups is 1. The molecule has 1 aliphatic heterocycles. The minimum atomic E-state index is -0.172. The van der Waals surface area contributed by atoms with Crippen molar-refractivity contribution in [3.05, 3.63) is 0 Å². The molecule has 2 N–H and O–H groups in total. The minimum Gasteiger partial charge on any atom is -0.393 e. The lowest BCUT2D eigenvalue weighted by atomic mass is 9.61. The Morgan fingerprint density at radius 1 is 1.05 bits per heavy atom. The first kappa shape index (κ1) is 18.3. The Balaban J connectivity index is 2.13. The lowest BCUT2D eigenvalue weighted by Crippen LogP contribution is -2.64. The van der Waals surface area contributed by atoms with Crippen molar-refractivity contribution in [1.82, 2.24) is 5.32 Å². The van der Waals surface area contributed by atoms with E-state index in [9.17, 15) is 5.11 Å². The van der Waals surface area contributed by atoms with Gasteiger partial charge in [-0.2, -0.15) is 0 Å². The zero-order valence-corrected chi connectivity index (χ0v) is 16.0. The van der Waals surface area contributed by atoms with Crippen LogP contribution in [-0.2, 0) is 0 Å². The molecule has 0 spiro atoms. The Kier molecular flexibility index (Phi) is 5.06. The van der Waals surface area contributed by atoms with Gasteiger partial charge in [-0.25, -0.2) is 0 Å². The van der Waals surface area contributed by atoms with Gasteiger partial charge in [0.1, 0.15) is 0 Å². The number of rotatable bonds is 2. The highest BCUT2D eigenvalue weighted by Gasteiger charge is 2.47. The van der Waals surface area contributed by atoms with E-state index in [1.165, 1.54) is 32.1 Å². The lowest BCUT2D eigenvalue weighted by molar-refractivity contribution is -0.0447. The summed E-state index contributed by atoms with van der Waals surface area (Å²) in [6.45, 7) is 16.2. The fourth-order valence-corrected chi connectivity index (χ4v) is 5.57. The maximum absolute atomic E-state index is 10.8. The van der Waals surface area contributed by atoms with Gasteiger partial charge in [0.25, 0.3) is 0 Å². The SMILES string of the molecule is CC1(C)CC(O)C(CC2CCCCC2C(C)(C)C)C(C)(C)N1. The number of piperidine rings is 1. The van der Waals surface area contributed by atoms with Gasteiger partial charge < -0.3 is 10.4 Å². The summed E-state index contributed by atoms with van der Waals surface area (Å²) >= 11 is 0. The van der Waals surface area contributed by atoms with Crippen LogP contribution in [0.5, 0.6) is 0 Å². The molecule has 2 aliphatic rings. The predicted octanol–water partition coefficient (Wildman–Crippen LogP) is 4.76. The number of aliphatic hydroxyl groups excluding tert-OH is 1. The third kappa shape index (κ3) is 4.06. The summed E-state index contributed by atoms with van der Waals surface area (Å²) in [4.78, 5) is 0. The summed E-state index contributed by atoms with van der Waals surface area (Å²) in [5.41, 5.74) is 0.442. The van der Waals surface area contributed by atoms with Gasteiger partial charge in [-0.3, -0.25) is 0 Å². The van der Waals surface area contributed by atoms with E-state index in [-0.39, 0.29) is 17.2 Å². The predicted molar refractivity (Wildman–Crippen MR) is 94.9 cm³/mol. The maximum Gasteiger partial charge on any atom is 0.0603 e. The molecule has 0 aromatic carbocycles. The highest BCUT2D eigenvalue weighted by molar-refractivity contribution is 5.03. The third-order valence-electron chi connectivity index (χ3n) is 6.35. The van der Waals surface area contributed by atoms with Gasteiger partial charge in [0.05, 0.1) is 6.10 Å². The molecule has 1 heterocycles. The molecule has 1 saturated heterocycles. The van der Waals surface area contributed by atoms with E-state index in [1.54, 1.807) is 0 Å². The van der Waals surface area contributed by atoms with E-state index in [0.717, 1.165) is 18.3 Å². The quantitative estimate of drug-likeness (QED) is 0.771. The molecular formula is C20H39NO. The highest BCUT2D eigenvalue weighted by Crippen LogP contribution is 2.47. The number of hydrogen-bond acceptors (Lipinski definition) is 2. The van der Waals surface area contributed by atoms with Crippen LogP contribution >= 0.6 is 0 Å². The number of hydrogen-bond donors (Lipinski definition) is 2. The van der Waals surface area contributed by atoms with E-state index < -0.39 is 0 Å². The summed E-state index contributed by atoms with van der Waals surface area (Å²) in [6, 6.07) is 0. The highest BCUT2D eigenvalue weighted by atomic mass is 16.3. The molecular weight excluding hydrogens is 270 g/mol. The van der Waals surface area contributed by atoms with Gasteiger partial charge in [0, 0.05) is 17.0 Å². The minimum absolute atomic E-state index is 0.0149. The van der Waals surface area contributed by atoms with Crippen LogP contribution in [-0.4, -0.2) is 22.3 Å². The first-order chi connectivity index (χ1) is 9.92. The van der Waals surface area contributed by atoms with Crippen molar-refractivity contribution in [1.29, 1.82) is 0 Å². The summed E-state index contributed by atoms with van der Waals surface area (Å²) < 4.78 is 0. The summed E-state index contributed by atoms with van der Waals surface area (Å²) in [6.07, 6.45) is 7.36. The van der Waals surface area contributed by atoms with Crippen molar-refractivity contribution in [2.45, 2.75) is 104 Å². The second-order valence-corrected chi connectivity index (χ2v) is 10.4. The van der Waals surface area contributed by atoms with E-state index in [0.29, 0.717) is 11.3 Å². The van der Waals surface area contributed by atoms with Gasteiger partial charge in [0.2, 0.25) is 0 Å². The molecule has 0 aromatic rings. The van der Waals surface area contributed by atoms with Gasteiger partial charge in [0.15, 0.2) is 0 Å². The molecule has 0 radical (unpaired) electrons. The van der Waals surface area contributed by atoms with Gasteiger partial charge in [-0.1, -0.05) is 40.0 Å². The molecule has 1 saturated carbocycles. The average Bonchev–Trinajstić information content (AvgIpc) is 2.31. The van der Waals surface area contributed by atoms with Crippen LogP contribution in [0.4, 0.5) is 0 Å². The van der Waals surface area contributed by atoms with E-state index >= 15 is 0 Å². The van der Waals surface area contributed by atoms with Crippen molar-refractivity contribution in [2.75, 3.05) is 0 Å². The van der Waals surface area contributed by atoms with Crippen LogP contribution in [0.2, 0.25) is 0 Å². The van der Waals surface area contributed by atoms with Crippen LogP contribution in [0.3, 0.4) is 0 Å². The van der Waals surface area contributed by atoms with Crippen molar-refractivity contribution in [2.24, 2.45) is 23.2 Å². The summed E-state index contributed by atoms with van der Waals surface area (Å²) in [5.74, 6) is 1.95. The van der Waals surface area contributed by atoms with Crippen LogP contribution in [0.1, 0.15) is 87.0 Å². The summed E-state index contributed by atoms with van der Waals surface area (Å²) in [5, 5.41) is 14.6. The smallest absolute Gasteiger partial charge is 0.0603 e. The molecule has 2 nitrogen and oxygen atoms in total. The average molecular weight is 310 g/mol. The Morgan fingerprint density at radius 3 is 2.18 bits per heavy atom. The van der Waals surface area contributed by atoms with Crippen molar-refractivity contribution in [3.8, 4) is 0 Å². The van der Waals surface area contributed by atoms with E-state index in [4.69, 9.17) is 0 Å². The first-order valence-corrected chi connectivity index (χ1v) is 9.40. The first-order valence-electron chi connectivity index (χ1n) is 9.40. The van der Waals surface area contributed by atoms with Crippen molar-refractivity contribution in [3.63, 3.8) is 0 Å². The van der Waals surface area contributed by atoms with Gasteiger partial charge >= 0.3 is 0 Å². The largest absolute Gasteiger partial charge is 0.393 e. The maximum atomic E-state index is 10.8. The molecule has 22 heavy (non-hydrogen) atoms. The Morgan fingerprint density at radius 2 is 1.64 bits per heavy atom. The Bertz CT molecular complexity index is 380. The van der Waals surface area contributed by atoms with E-state index in [1.807, 2.05) is 0 Å². The molecule has 2 fully saturated rings. The monoisotopic (exact) mass is 309 g/mol. The van der Waals surface area contributed by atoms with Crippen LogP contribution < -0.4 is 5.32 Å². The molecule has 0 amide bonds. The Labute approximate surface area is 138 Å². The number of nitrogens with one attached hydrogen (secondary N) is 1. The van der Waals surface area contributed by atoms with Crippen LogP contribution in [0.25, 0.3) is 0 Å². The normalized spacial score (nSPS) is 38.7. The lowest BCUT2D eigenvalue weighted by Gasteiger charge is -2.53. The molecule has 2 rings (SSSR count). The molecule has 1 aliphatic carbocycles. The molecule has 0 aromatic heterocycles. The zero-order chi connectivity index (χ0) is 16.8. The van der Waals surface area contributed by atoms with E-state index in [2.05, 4.69) is 53.8 Å². The molecule has 4 atom stereocenters. The fraction of sp³-hybridized carbons (Fsp3) is 1.00. The molecule has 0 bridgehead atoms. The topological polar surface area (TPSA) is 32.3 Å². The van der Waals surface area contributed by atoms with Crippen molar-refractivity contribution < 1.29 is 5.11 Å². The summed E-state index contributed by atoms with van der Waals surface area (Å²) in [7, 11) is 0. The molecule has 2 heteroatoms. The zero-order valence-electron chi connectivity index (χ0n) is 16.0. The Hall–Kier alpha value is -0.0800. The fourth-order valence-electron chi connectivity index (χ4n) is 5.57.